The second-order valence-electron chi connectivity index (χ2n) is 5.79. The van der Waals surface area contributed by atoms with Gasteiger partial charge in [0.1, 0.15) is 0 Å². The van der Waals surface area contributed by atoms with E-state index >= 15 is 0 Å². The Labute approximate surface area is 106 Å². The van der Waals surface area contributed by atoms with Crippen LogP contribution in [-0.4, -0.2) is 53.6 Å². The van der Waals surface area contributed by atoms with Crippen molar-refractivity contribution in [3.05, 3.63) is 35.9 Å². The molecule has 1 N–H and O–H groups in total. The zero-order chi connectivity index (χ0) is 12.2. The molecule has 1 aromatic carbocycles. The molecule has 0 radical (unpaired) electrons. The SMILES string of the molecule is O/N=C1/C2CN3CN(C2)CC1(c1ccccc1)C3. The van der Waals surface area contributed by atoms with E-state index in [0.29, 0.717) is 5.92 Å². The lowest BCUT2D eigenvalue weighted by Gasteiger charge is -2.59. The van der Waals surface area contributed by atoms with Crippen LogP contribution < -0.4 is 0 Å². The van der Waals surface area contributed by atoms with Crippen molar-refractivity contribution in [2.24, 2.45) is 11.1 Å². The zero-order valence-electron chi connectivity index (χ0n) is 10.3. The Morgan fingerprint density at radius 1 is 1.11 bits per heavy atom. The van der Waals surface area contributed by atoms with E-state index in [4.69, 9.17) is 0 Å². The molecule has 4 aliphatic rings. The van der Waals surface area contributed by atoms with E-state index in [0.717, 1.165) is 38.6 Å². The number of rotatable bonds is 1. The highest BCUT2D eigenvalue weighted by Crippen LogP contribution is 2.42. The molecule has 4 heterocycles. The highest BCUT2D eigenvalue weighted by molar-refractivity contribution is 5.99. The first kappa shape index (κ1) is 10.5. The van der Waals surface area contributed by atoms with Crippen LogP contribution in [0.2, 0.25) is 0 Å². The van der Waals surface area contributed by atoms with Crippen LogP contribution in [0, 0.1) is 5.92 Å². The molecule has 2 unspecified atom stereocenters. The fourth-order valence-corrected chi connectivity index (χ4v) is 4.11. The molecule has 4 aliphatic heterocycles. The third-order valence-electron chi connectivity index (χ3n) is 4.66. The minimum Gasteiger partial charge on any atom is -0.411 e. The van der Waals surface area contributed by atoms with Gasteiger partial charge in [0.05, 0.1) is 17.8 Å². The molecule has 5 rings (SSSR count). The Hall–Kier alpha value is -1.39. The standard InChI is InChI=1S/C14H17N3O/c18-15-13-11-6-16-8-14(13,9-17(7-11)10-16)12-4-2-1-3-5-12/h1-5,11,18H,6-10H2/b15-13-. The van der Waals surface area contributed by atoms with Crippen molar-refractivity contribution in [3.63, 3.8) is 0 Å². The van der Waals surface area contributed by atoms with E-state index in [1.165, 1.54) is 5.56 Å². The van der Waals surface area contributed by atoms with Gasteiger partial charge in [-0.15, -0.1) is 0 Å². The first-order valence-corrected chi connectivity index (χ1v) is 6.54. The molecule has 94 valence electrons. The van der Waals surface area contributed by atoms with Crippen LogP contribution in [0.5, 0.6) is 0 Å². The largest absolute Gasteiger partial charge is 0.411 e. The maximum Gasteiger partial charge on any atom is 0.0758 e. The fraction of sp³-hybridized carbons (Fsp3) is 0.500. The summed E-state index contributed by atoms with van der Waals surface area (Å²) in [6.45, 7) is 5.14. The third kappa shape index (κ3) is 1.25. The quantitative estimate of drug-likeness (QED) is 0.590. The summed E-state index contributed by atoms with van der Waals surface area (Å²) >= 11 is 0. The van der Waals surface area contributed by atoms with Crippen LogP contribution in [0.4, 0.5) is 0 Å². The monoisotopic (exact) mass is 243 g/mol. The molecular formula is C14H17N3O. The first-order chi connectivity index (χ1) is 8.82. The van der Waals surface area contributed by atoms with Crippen molar-refractivity contribution in [2.45, 2.75) is 5.41 Å². The number of benzene rings is 1. The van der Waals surface area contributed by atoms with Crippen molar-refractivity contribution >= 4 is 5.71 Å². The molecule has 4 fully saturated rings. The molecule has 18 heavy (non-hydrogen) atoms. The second-order valence-corrected chi connectivity index (χ2v) is 5.79. The molecule has 4 bridgehead atoms. The van der Waals surface area contributed by atoms with Gasteiger partial charge >= 0.3 is 0 Å². The molecule has 0 aromatic heterocycles. The summed E-state index contributed by atoms with van der Waals surface area (Å²) in [6.07, 6.45) is 0. The van der Waals surface area contributed by atoms with Gasteiger partial charge < -0.3 is 5.21 Å². The van der Waals surface area contributed by atoms with Crippen LogP contribution in [0.3, 0.4) is 0 Å². The van der Waals surface area contributed by atoms with E-state index in [-0.39, 0.29) is 5.41 Å². The first-order valence-electron chi connectivity index (χ1n) is 6.54. The minimum absolute atomic E-state index is 0.0879. The van der Waals surface area contributed by atoms with Gasteiger partial charge in [-0.1, -0.05) is 35.5 Å². The van der Waals surface area contributed by atoms with Gasteiger partial charge in [-0.3, -0.25) is 9.80 Å². The number of hydrogen-bond donors (Lipinski definition) is 1. The molecule has 0 aliphatic carbocycles. The number of nitrogens with zero attached hydrogens (tertiary/aromatic N) is 3. The van der Waals surface area contributed by atoms with Crippen LogP contribution in [0.25, 0.3) is 0 Å². The molecule has 0 saturated carbocycles. The van der Waals surface area contributed by atoms with Crippen molar-refractivity contribution in [3.8, 4) is 0 Å². The molecule has 2 atom stereocenters. The zero-order valence-corrected chi connectivity index (χ0v) is 10.3. The van der Waals surface area contributed by atoms with Gasteiger partial charge in [-0.05, 0) is 5.56 Å². The summed E-state index contributed by atoms with van der Waals surface area (Å²) in [5.41, 5.74) is 2.20. The molecule has 4 nitrogen and oxygen atoms in total. The van der Waals surface area contributed by atoms with Crippen molar-refractivity contribution in [1.82, 2.24) is 9.80 Å². The molecule has 4 heteroatoms. The van der Waals surface area contributed by atoms with Crippen molar-refractivity contribution in [1.29, 1.82) is 0 Å². The van der Waals surface area contributed by atoms with Gasteiger partial charge in [0.15, 0.2) is 0 Å². The van der Waals surface area contributed by atoms with E-state index in [2.05, 4.69) is 39.2 Å². The molecular weight excluding hydrogens is 226 g/mol. The Morgan fingerprint density at radius 3 is 2.39 bits per heavy atom. The normalized spacial score (nSPS) is 43.6. The summed E-state index contributed by atoms with van der Waals surface area (Å²) in [5.74, 6) is 0.395. The lowest BCUT2D eigenvalue weighted by atomic mass is 9.65. The van der Waals surface area contributed by atoms with E-state index in [9.17, 15) is 5.21 Å². The van der Waals surface area contributed by atoms with Crippen LogP contribution in [0.1, 0.15) is 5.56 Å². The molecule has 4 saturated heterocycles. The smallest absolute Gasteiger partial charge is 0.0758 e. The average molecular weight is 243 g/mol. The third-order valence-corrected chi connectivity index (χ3v) is 4.66. The Kier molecular flexibility index (Phi) is 2.08. The topological polar surface area (TPSA) is 39.1 Å². The van der Waals surface area contributed by atoms with Gasteiger partial charge in [0.25, 0.3) is 0 Å². The lowest BCUT2D eigenvalue weighted by molar-refractivity contribution is -0.0250. The summed E-state index contributed by atoms with van der Waals surface area (Å²) in [5, 5.41) is 13.2. The predicted octanol–water partition coefficient (Wildman–Crippen LogP) is 0.973. The number of hydrogen-bond acceptors (Lipinski definition) is 4. The average Bonchev–Trinajstić information content (AvgIpc) is 2.39. The van der Waals surface area contributed by atoms with Gasteiger partial charge in [-0.25, -0.2) is 0 Å². The van der Waals surface area contributed by atoms with Crippen molar-refractivity contribution in [2.75, 3.05) is 32.8 Å². The summed E-state index contributed by atoms with van der Waals surface area (Å²) in [7, 11) is 0. The number of oxime groups is 1. The van der Waals surface area contributed by atoms with Gasteiger partial charge in [0.2, 0.25) is 0 Å². The fourth-order valence-electron chi connectivity index (χ4n) is 4.11. The van der Waals surface area contributed by atoms with Crippen LogP contribution in [0.15, 0.2) is 35.5 Å². The van der Waals surface area contributed by atoms with E-state index in [1.807, 2.05) is 6.07 Å². The Morgan fingerprint density at radius 2 is 1.78 bits per heavy atom. The van der Waals surface area contributed by atoms with E-state index in [1.54, 1.807) is 0 Å². The Balaban J connectivity index is 1.87. The van der Waals surface area contributed by atoms with Crippen molar-refractivity contribution < 1.29 is 5.21 Å². The van der Waals surface area contributed by atoms with Gasteiger partial charge in [-0.2, -0.15) is 0 Å². The summed E-state index contributed by atoms with van der Waals surface area (Å²) in [6, 6.07) is 10.5. The maximum atomic E-state index is 9.48. The molecule has 1 aromatic rings. The maximum absolute atomic E-state index is 9.48. The summed E-state index contributed by atoms with van der Waals surface area (Å²) < 4.78 is 0. The summed E-state index contributed by atoms with van der Waals surface area (Å²) in [4.78, 5) is 4.97. The minimum atomic E-state index is -0.0879. The van der Waals surface area contributed by atoms with Crippen LogP contribution in [-0.2, 0) is 5.41 Å². The lowest BCUT2D eigenvalue weighted by Crippen LogP contribution is -2.73. The predicted molar refractivity (Wildman–Crippen MR) is 68.8 cm³/mol. The molecule has 0 spiro atoms. The highest BCUT2D eigenvalue weighted by atomic mass is 16.4. The molecule has 0 amide bonds. The van der Waals surface area contributed by atoms with E-state index < -0.39 is 0 Å². The number of piperidine rings is 2. The van der Waals surface area contributed by atoms with Gasteiger partial charge in [0, 0.05) is 32.1 Å². The van der Waals surface area contributed by atoms with Crippen LogP contribution >= 0.6 is 0 Å². The Bertz CT molecular complexity index is 485. The highest BCUT2D eigenvalue weighted by Gasteiger charge is 2.55. The second kappa shape index (κ2) is 3.56.